The van der Waals surface area contributed by atoms with Gasteiger partial charge in [0.2, 0.25) is 0 Å². The Bertz CT molecular complexity index is 1240. The largest absolute Gasteiger partial charge is 0.464 e. The Morgan fingerprint density at radius 2 is 2.00 bits per heavy atom. The van der Waals surface area contributed by atoms with E-state index in [-0.39, 0.29) is 17.9 Å². The lowest BCUT2D eigenvalue weighted by Crippen LogP contribution is -2.39. The fraction of sp³-hybridized carbons (Fsp3) is 0.273. The lowest BCUT2D eigenvalue weighted by atomic mass is 10.0. The van der Waals surface area contributed by atoms with Crippen LogP contribution in [0.1, 0.15) is 39.7 Å². The molecule has 0 aromatic carbocycles. The first kappa shape index (κ1) is 19.5. The van der Waals surface area contributed by atoms with Crippen molar-refractivity contribution in [3.8, 4) is 10.6 Å². The molecular weight excluding hydrogens is 414 g/mol. The van der Waals surface area contributed by atoms with Crippen LogP contribution in [0.25, 0.3) is 16.2 Å². The summed E-state index contributed by atoms with van der Waals surface area (Å²) in [5, 5.41) is 6.46. The van der Waals surface area contributed by atoms with E-state index in [0.29, 0.717) is 30.0 Å². The highest BCUT2D eigenvalue weighted by atomic mass is 32.1. The van der Waals surface area contributed by atoms with E-state index < -0.39 is 0 Å². The van der Waals surface area contributed by atoms with Crippen LogP contribution in [0, 0.1) is 0 Å². The number of piperidine rings is 1. The van der Waals surface area contributed by atoms with Gasteiger partial charge in [-0.15, -0.1) is 11.3 Å². The molecule has 0 unspecified atom stereocenters. The predicted molar refractivity (Wildman–Crippen MR) is 116 cm³/mol. The summed E-state index contributed by atoms with van der Waals surface area (Å²) >= 11 is 1.62. The Morgan fingerprint density at radius 3 is 2.74 bits per heavy atom. The van der Waals surface area contributed by atoms with E-state index in [9.17, 15) is 9.59 Å². The number of hydrogen-bond donors (Lipinski definition) is 0. The van der Waals surface area contributed by atoms with Crippen molar-refractivity contribution in [3.63, 3.8) is 0 Å². The van der Waals surface area contributed by atoms with Crippen molar-refractivity contribution >= 4 is 28.9 Å². The molecule has 1 saturated heterocycles. The number of likely N-dealkylation sites (tertiary alicyclic amines) is 1. The Morgan fingerprint density at radius 1 is 1.16 bits per heavy atom. The SMILES string of the molecule is COC(=O)c1cccn1C1CCN(C(=O)c2cnn3c(-c4cccs4)ccnc23)CC1. The number of esters is 1. The van der Waals surface area contributed by atoms with Crippen LogP contribution in [0.5, 0.6) is 0 Å². The van der Waals surface area contributed by atoms with Crippen molar-refractivity contribution in [3.05, 3.63) is 65.6 Å². The van der Waals surface area contributed by atoms with Crippen LogP contribution in [0.4, 0.5) is 0 Å². The van der Waals surface area contributed by atoms with Gasteiger partial charge in [0.25, 0.3) is 5.91 Å². The van der Waals surface area contributed by atoms with Crippen molar-refractivity contribution < 1.29 is 14.3 Å². The number of aromatic nitrogens is 4. The first-order chi connectivity index (χ1) is 15.2. The minimum Gasteiger partial charge on any atom is -0.464 e. The Labute approximate surface area is 182 Å². The highest BCUT2D eigenvalue weighted by Gasteiger charge is 2.28. The molecule has 5 rings (SSSR count). The normalized spacial score (nSPS) is 14.8. The lowest BCUT2D eigenvalue weighted by molar-refractivity contribution is 0.0573. The molecule has 31 heavy (non-hydrogen) atoms. The average molecular weight is 436 g/mol. The number of nitrogens with zero attached hydrogens (tertiary/aromatic N) is 5. The van der Waals surface area contributed by atoms with Crippen LogP contribution in [0.3, 0.4) is 0 Å². The van der Waals surface area contributed by atoms with Gasteiger partial charge in [0.15, 0.2) is 5.65 Å². The molecule has 0 bridgehead atoms. The standard InChI is InChI=1S/C22H21N5O3S/c1-30-22(29)18-4-2-10-26(18)15-7-11-25(12-8-15)21(28)16-14-24-27-17(6-9-23-20(16)27)19-5-3-13-31-19/h2-6,9-10,13-15H,7-8,11-12H2,1H3. The van der Waals surface area contributed by atoms with Crippen LogP contribution in [-0.4, -0.2) is 56.1 Å². The lowest BCUT2D eigenvalue weighted by Gasteiger charge is -2.33. The molecule has 0 saturated carbocycles. The number of ether oxygens (including phenoxy) is 1. The summed E-state index contributed by atoms with van der Waals surface area (Å²) in [5.41, 5.74) is 2.53. The summed E-state index contributed by atoms with van der Waals surface area (Å²) in [7, 11) is 1.38. The highest BCUT2D eigenvalue weighted by molar-refractivity contribution is 7.13. The summed E-state index contributed by atoms with van der Waals surface area (Å²) in [6.45, 7) is 1.20. The van der Waals surface area contributed by atoms with Gasteiger partial charge >= 0.3 is 5.97 Å². The summed E-state index contributed by atoms with van der Waals surface area (Å²) in [6, 6.07) is 9.68. The minimum atomic E-state index is -0.345. The van der Waals surface area contributed by atoms with Crippen molar-refractivity contribution in [2.45, 2.75) is 18.9 Å². The van der Waals surface area contributed by atoms with E-state index in [4.69, 9.17) is 4.74 Å². The molecule has 0 atom stereocenters. The molecule has 0 N–H and O–H groups in total. The maximum Gasteiger partial charge on any atom is 0.354 e. The number of amides is 1. The maximum absolute atomic E-state index is 13.2. The molecule has 0 aliphatic carbocycles. The third-order valence-electron chi connectivity index (χ3n) is 5.72. The third-order valence-corrected chi connectivity index (χ3v) is 6.62. The number of carbonyl (C=O) groups excluding carboxylic acids is 2. The number of thiophene rings is 1. The highest BCUT2D eigenvalue weighted by Crippen LogP contribution is 2.28. The molecule has 1 aliphatic heterocycles. The quantitative estimate of drug-likeness (QED) is 0.458. The molecular formula is C22H21N5O3S. The van der Waals surface area contributed by atoms with Crippen LogP contribution < -0.4 is 0 Å². The smallest absolute Gasteiger partial charge is 0.354 e. The fourth-order valence-corrected chi connectivity index (χ4v) is 4.90. The molecule has 5 heterocycles. The molecule has 1 aliphatic rings. The minimum absolute atomic E-state index is 0.0648. The van der Waals surface area contributed by atoms with Crippen molar-refractivity contribution in [1.29, 1.82) is 0 Å². The zero-order valence-corrected chi connectivity index (χ0v) is 17.8. The van der Waals surface area contributed by atoms with Crippen LogP contribution in [0.15, 0.2) is 54.3 Å². The zero-order chi connectivity index (χ0) is 21.4. The number of methoxy groups -OCH3 is 1. The second-order valence-corrected chi connectivity index (χ2v) is 8.36. The van der Waals surface area contributed by atoms with Crippen molar-refractivity contribution in [2.75, 3.05) is 20.2 Å². The molecule has 4 aromatic heterocycles. The van der Waals surface area contributed by atoms with E-state index in [1.165, 1.54) is 7.11 Å². The van der Waals surface area contributed by atoms with Crippen molar-refractivity contribution in [1.82, 2.24) is 24.1 Å². The average Bonchev–Trinajstić information content (AvgIpc) is 3.58. The predicted octanol–water partition coefficient (Wildman–Crippen LogP) is 3.52. The number of carbonyl (C=O) groups is 2. The Balaban J connectivity index is 1.35. The van der Waals surface area contributed by atoms with E-state index in [0.717, 1.165) is 23.4 Å². The summed E-state index contributed by atoms with van der Waals surface area (Å²) in [4.78, 5) is 32.6. The Hall–Kier alpha value is -3.46. The Kier molecular flexibility index (Phi) is 5.03. The van der Waals surface area contributed by atoms with Crippen LogP contribution in [0.2, 0.25) is 0 Å². The summed E-state index contributed by atoms with van der Waals surface area (Å²) in [6.07, 6.45) is 6.75. The van der Waals surface area contributed by atoms with Crippen molar-refractivity contribution in [2.24, 2.45) is 0 Å². The van der Waals surface area contributed by atoms with E-state index >= 15 is 0 Å². The second-order valence-electron chi connectivity index (χ2n) is 7.42. The van der Waals surface area contributed by atoms with Gasteiger partial charge in [0, 0.05) is 31.5 Å². The molecule has 8 nitrogen and oxygen atoms in total. The van der Waals surface area contributed by atoms with Crippen LogP contribution in [-0.2, 0) is 4.74 Å². The van der Waals surface area contributed by atoms with E-state index in [2.05, 4.69) is 10.1 Å². The second kappa shape index (κ2) is 7.99. The third kappa shape index (κ3) is 3.40. The van der Waals surface area contributed by atoms with Gasteiger partial charge in [-0.1, -0.05) is 6.07 Å². The molecule has 0 radical (unpaired) electrons. The van der Waals surface area contributed by atoms with Gasteiger partial charge in [0.1, 0.15) is 11.3 Å². The zero-order valence-electron chi connectivity index (χ0n) is 17.0. The number of fused-ring (bicyclic) bond motifs is 1. The van der Waals surface area contributed by atoms with Gasteiger partial charge in [-0.25, -0.2) is 14.3 Å². The van der Waals surface area contributed by atoms with Gasteiger partial charge in [-0.3, -0.25) is 4.79 Å². The number of hydrogen-bond acceptors (Lipinski definition) is 6. The molecule has 1 amide bonds. The topological polar surface area (TPSA) is 81.7 Å². The maximum atomic E-state index is 13.2. The molecule has 4 aromatic rings. The number of rotatable bonds is 4. The first-order valence-corrected chi connectivity index (χ1v) is 11.0. The van der Waals surface area contributed by atoms with Crippen LogP contribution >= 0.6 is 11.3 Å². The van der Waals surface area contributed by atoms with E-state index in [1.54, 1.807) is 34.3 Å². The van der Waals surface area contributed by atoms with Gasteiger partial charge < -0.3 is 14.2 Å². The van der Waals surface area contributed by atoms with E-state index in [1.807, 2.05) is 45.3 Å². The van der Waals surface area contributed by atoms with Gasteiger partial charge in [-0.2, -0.15) is 5.10 Å². The fourth-order valence-electron chi connectivity index (χ4n) is 4.16. The summed E-state index contributed by atoms with van der Waals surface area (Å²) in [5.74, 6) is -0.410. The molecule has 1 fully saturated rings. The van der Waals surface area contributed by atoms with Gasteiger partial charge in [-0.05, 0) is 42.5 Å². The summed E-state index contributed by atoms with van der Waals surface area (Å²) < 4.78 is 8.56. The molecule has 9 heteroatoms. The monoisotopic (exact) mass is 435 g/mol. The van der Waals surface area contributed by atoms with Gasteiger partial charge in [0.05, 0.1) is 23.9 Å². The molecule has 158 valence electrons. The molecule has 0 spiro atoms. The first-order valence-electron chi connectivity index (χ1n) is 10.1.